The van der Waals surface area contributed by atoms with Gasteiger partial charge in [-0.05, 0) is 19.5 Å². The van der Waals surface area contributed by atoms with Crippen LogP contribution in [0.3, 0.4) is 0 Å². The van der Waals surface area contributed by atoms with E-state index in [1.807, 2.05) is 0 Å². The van der Waals surface area contributed by atoms with Crippen molar-refractivity contribution in [2.75, 3.05) is 46.3 Å². The minimum atomic E-state index is 0. The zero-order valence-corrected chi connectivity index (χ0v) is 14.1. The van der Waals surface area contributed by atoms with Crippen LogP contribution in [0.4, 0.5) is 0 Å². The van der Waals surface area contributed by atoms with E-state index in [1.165, 1.54) is 25.2 Å². The minimum absolute atomic E-state index is 0. The maximum absolute atomic E-state index is 3.40. The van der Waals surface area contributed by atoms with Crippen LogP contribution in [-0.4, -0.2) is 56.1 Å². The summed E-state index contributed by atoms with van der Waals surface area (Å²) in [4.78, 5) is 4.99. The highest BCUT2D eigenvalue weighted by Crippen LogP contribution is 2.17. The van der Waals surface area contributed by atoms with Gasteiger partial charge in [0.15, 0.2) is 0 Å². The van der Waals surface area contributed by atoms with Crippen molar-refractivity contribution in [3.8, 4) is 0 Å². The van der Waals surface area contributed by atoms with Crippen molar-refractivity contribution in [1.29, 1.82) is 0 Å². The second kappa shape index (κ2) is 10.4. The Morgan fingerprint density at radius 2 is 1.75 bits per heavy atom. The van der Waals surface area contributed by atoms with Crippen molar-refractivity contribution in [3.63, 3.8) is 0 Å². The predicted molar refractivity (Wildman–Crippen MR) is 91.3 cm³/mol. The molecule has 0 amide bonds. The van der Waals surface area contributed by atoms with Gasteiger partial charge in [0.25, 0.3) is 0 Å². The molecule has 0 aliphatic carbocycles. The molecule has 1 aromatic rings. The van der Waals surface area contributed by atoms with Crippen LogP contribution in [0.2, 0.25) is 0 Å². The molecule has 0 bridgehead atoms. The first-order chi connectivity index (χ1) is 8.77. The van der Waals surface area contributed by atoms with Crippen LogP contribution in [0, 0.1) is 0 Å². The number of nitrogens with one attached hydrogen (secondary N) is 1. The summed E-state index contributed by atoms with van der Waals surface area (Å²) in [6.07, 6.45) is 0. The standard InChI is InChI=1S/C15H25N3.2ClH/c1-14(15-6-4-3-5-7-15)17(2)12-13-18-10-8-16-9-11-18;;/h3-7,14,16H,8-13H2,1-2H3;2*1H. The molecule has 1 aliphatic rings. The highest BCUT2D eigenvalue weighted by Gasteiger charge is 2.14. The van der Waals surface area contributed by atoms with Gasteiger partial charge in [-0.15, -0.1) is 24.8 Å². The molecule has 1 unspecified atom stereocenters. The van der Waals surface area contributed by atoms with E-state index in [9.17, 15) is 0 Å². The van der Waals surface area contributed by atoms with E-state index < -0.39 is 0 Å². The number of benzene rings is 1. The van der Waals surface area contributed by atoms with Gasteiger partial charge >= 0.3 is 0 Å². The van der Waals surface area contributed by atoms with Crippen molar-refractivity contribution in [2.24, 2.45) is 0 Å². The summed E-state index contributed by atoms with van der Waals surface area (Å²) in [6, 6.07) is 11.2. The summed E-state index contributed by atoms with van der Waals surface area (Å²) in [7, 11) is 2.22. The number of rotatable bonds is 5. The fourth-order valence-electron chi connectivity index (χ4n) is 2.41. The van der Waals surface area contributed by atoms with E-state index in [1.54, 1.807) is 0 Å². The molecule has 5 heteroatoms. The van der Waals surface area contributed by atoms with Gasteiger partial charge in [-0.25, -0.2) is 0 Å². The van der Waals surface area contributed by atoms with E-state index in [0.29, 0.717) is 6.04 Å². The van der Waals surface area contributed by atoms with E-state index in [4.69, 9.17) is 0 Å². The number of piperazine rings is 1. The third kappa shape index (κ3) is 5.98. The summed E-state index contributed by atoms with van der Waals surface area (Å²) in [5, 5.41) is 3.40. The fraction of sp³-hybridized carbons (Fsp3) is 0.600. The van der Waals surface area contributed by atoms with E-state index in [-0.39, 0.29) is 24.8 Å². The normalized spacial score (nSPS) is 17.1. The lowest BCUT2D eigenvalue weighted by atomic mass is 10.1. The monoisotopic (exact) mass is 319 g/mol. The maximum atomic E-state index is 3.40. The van der Waals surface area contributed by atoms with Gasteiger partial charge in [-0.2, -0.15) is 0 Å². The summed E-state index contributed by atoms with van der Waals surface area (Å²) < 4.78 is 0. The Balaban J connectivity index is 0.00000180. The van der Waals surface area contributed by atoms with Gasteiger partial charge in [-0.3, -0.25) is 9.80 Å². The second-order valence-electron chi connectivity index (χ2n) is 5.16. The molecule has 3 nitrogen and oxygen atoms in total. The summed E-state index contributed by atoms with van der Waals surface area (Å²) in [6.45, 7) is 9.25. The molecule has 0 aromatic heterocycles. The van der Waals surface area contributed by atoms with Crippen molar-refractivity contribution < 1.29 is 0 Å². The van der Waals surface area contributed by atoms with E-state index in [2.05, 4.69) is 59.4 Å². The molecular weight excluding hydrogens is 293 g/mol. The Bertz CT molecular complexity index is 342. The van der Waals surface area contributed by atoms with Gasteiger partial charge in [0, 0.05) is 45.3 Å². The predicted octanol–water partition coefficient (Wildman–Crippen LogP) is 2.43. The average Bonchev–Trinajstić information content (AvgIpc) is 2.46. The molecule has 1 aromatic carbocycles. The van der Waals surface area contributed by atoms with Gasteiger partial charge in [-0.1, -0.05) is 30.3 Å². The van der Waals surface area contributed by atoms with Crippen LogP contribution in [0.1, 0.15) is 18.5 Å². The minimum Gasteiger partial charge on any atom is -0.314 e. The number of hydrogen-bond acceptors (Lipinski definition) is 3. The molecule has 20 heavy (non-hydrogen) atoms. The van der Waals surface area contributed by atoms with Crippen LogP contribution in [0.15, 0.2) is 30.3 Å². The fourth-order valence-corrected chi connectivity index (χ4v) is 2.41. The lowest BCUT2D eigenvalue weighted by Crippen LogP contribution is -2.46. The zero-order valence-electron chi connectivity index (χ0n) is 12.4. The Labute approximate surface area is 135 Å². The first-order valence-electron chi connectivity index (χ1n) is 6.95. The SMILES string of the molecule is CC(c1ccccc1)N(C)CCN1CCNCC1.Cl.Cl. The van der Waals surface area contributed by atoms with Crippen LogP contribution < -0.4 is 5.32 Å². The summed E-state index contributed by atoms with van der Waals surface area (Å²) in [5.74, 6) is 0. The first-order valence-corrected chi connectivity index (χ1v) is 6.95. The summed E-state index contributed by atoms with van der Waals surface area (Å²) >= 11 is 0. The first kappa shape index (κ1) is 19.7. The molecular formula is C15H27Cl2N3. The van der Waals surface area contributed by atoms with Crippen LogP contribution in [0.25, 0.3) is 0 Å². The number of halogens is 2. The number of nitrogens with zero attached hydrogens (tertiary/aromatic N) is 2. The van der Waals surface area contributed by atoms with Gasteiger partial charge in [0.2, 0.25) is 0 Å². The lowest BCUT2D eigenvalue weighted by Gasteiger charge is -2.31. The van der Waals surface area contributed by atoms with Crippen LogP contribution in [-0.2, 0) is 0 Å². The molecule has 116 valence electrons. The Kier molecular flexibility index (Phi) is 10.2. The third-order valence-corrected chi connectivity index (χ3v) is 3.92. The quantitative estimate of drug-likeness (QED) is 0.899. The average molecular weight is 320 g/mol. The molecule has 0 radical (unpaired) electrons. The molecule has 1 heterocycles. The van der Waals surface area contributed by atoms with Crippen molar-refractivity contribution in [1.82, 2.24) is 15.1 Å². The smallest absolute Gasteiger partial charge is 0.0317 e. The van der Waals surface area contributed by atoms with Gasteiger partial charge < -0.3 is 5.32 Å². The molecule has 1 atom stereocenters. The number of likely N-dealkylation sites (N-methyl/N-ethyl adjacent to an activating group) is 1. The highest BCUT2D eigenvalue weighted by molar-refractivity contribution is 5.85. The number of hydrogen-bond donors (Lipinski definition) is 1. The van der Waals surface area contributed by atoms with Crippen molar-refractivity contribution >= 4 is 24.8 Å². The lowest BCUT2D eigenvalue weighted by molar-refractivity contribution is 0.183. The van der Waals surface area contributed by atoms with E-state index in [0.717, 1.165) is 19.6 Å². The van der Waals surface area contributed by atoms with Gasteiger partial charge in [0.1, 0.15) is 0 Å². The molecule has 1 fully saturated rings. The Morgan fingerprint density at radius 1 is 1.15 bits per heavy atom. The molecule has 1 N–H and O–H groups in total. The second-order valence-corrected chi connectivity index (χ2v) is 5.16. The highest BCUT2D eigenvalue weighted by atomic mass is 35.5. The molecule has 1 saturated heterocycles. The topological polar surface area (TPSA) is 18.5 Å². The third-order valence-electron chi connectivity index (χ3n) is 3.92. The largest absolute Gasteiger partial charge is 0.314 e. The molecule has 0 spiro atoms. The molecule has 0 saturated carbocycles. The van der Waals surface area contributed by atoms with E-state index >= 15 is 0 Å². The Hall–Kier alpha value is -0.320. The Morgan fingerprint density at radius 3 is 2.35 bits per heavy atom. The molecule has 2 rings (SSSR count). The van der Waals surface area contributed by atoms with Crippen LogP contribution in [0.5, 0.6) is 0 Å². The molecule has 1 aliphatic heterocycles. The van der Waals surface area contributed by atoms with Gasteiger partial charge in [0.05, 0.1) is 0 Å². The maximum Gasteiger partial charge on any atom is 0.0317 e. The zero-order chi connectivity index (χ0) is 12.8. The van der Waals surface area contributed by atoms with Crippen molar-refractivity contribution in [3.05, 3.63) is 35.9 Å². The van der Waals surface area contributed by atoms with Crippen molar-refractivity contribution in [2.45, 2.75) is 13.0 Å². The summed E-state index contributed by atoms with van der Waals surface area (Å²) in [5.41, 5.74) is 1.40. The van der Waals surface area contributed by atoms with Crippen LogP contribution >= 0.6 is 24.8 Å².